The number of tetrazole rings is 1. The lowest BCUT2D eigenvalue weighted by molar-refractivity contribution is -0.175. The van der Waals surface area contributed by atoms with Crippen LogP contribution in [-0.2, 0) is 16.1 Å². The minimum absolute atomic E-state index is 0.0908. The molecule has 0 saturated heterocycles. The van der Waals surface area contributed by atoms with Crippen molar-refractivity contribution in [3.8, 4) is 0 Å². The average molecular weight is 431 g/mol. The molecular weight excluding hydrogens is 392 g/mol. The Labute approximate surface area is 185 Å². The number of carbonyl (C=O) groups excluding carboxylic acids is 1. The van der Waals surface area contributed by atoms with Gasteiger partial charge in [0.2, 0.25) is 0 Å². The maximum Gasteiger partial charge on any atom is 0.158 e. The number of nitrogens with zero attached hydrogens (tertiary/aromatic N) is 4. The predicted octanol–water partition coefficient (Wildman–Crippen LogP) is 3.28. The number of ketones is 1. The van der Waals surface area contributed by atoms with Gasteiger partial charge in [-0.05, 0) is 110 Å². The number of carbonyl (C=O) groups is 1. The summed E-state index contributed by atoms with van der Waals surface area (Å²) in [7, 11) is 1.85. The second-order valence-electron chi connectivity index (χ2n) is 11.7. The number of fused-ring (bicyclic) bond motifs is 5. The van der Waals surface area contributed by atoms with Crippen LogP contribution >= 0.6 is 0 Å². The molecule has 0 aliphatic heterocycles. The van der Waals surface area contributed by atoms with E-state index in [1.807, 2.05) is 14.0 Å². The number of aromatic nitrogens is 4. The summed E-state index contributed by atoms with van der Waals surface area (Å²) in [5, 5.41) is 22.1. The molecule has 1 aromatic rings. The normalized spacial score (nSPS) is 46.8. The van der Waals surface area contributed by atoms with Gasteiger partial charge in [0.15, 0.2) is 5.78 Å². The Balaban J connectivity index is 1.38. The lowest BCUT2D eigenvalue weighted by atomic mass is 9.43. The molecule has 1 aromatic heterocycles. The third-order valence-electron chi connectivity index (χ3n) is 10.2. The minimum Gasteiger partial charge on any atom is -0.390 e. The van der Waals surface area contributed by atoms with Crippen LogP contribution in [0.15, 0.2) is 6.33 Å². The van der Waals surface area contributed by atoms with E-state index in [0.29, 0.717) is 36.0 Å². The van der Waals surface area contributed by atoms with Gasteiger partial charge in [0.05, 0.1) is 12.2 Å². The zero-order valence-corrected chi connectivity index (χ0v) is 19.3. The molecule has 8 unspecified atom stereocenters. The monoisotopic (exact) mass is 430 g/mol. The minimum atomic E-state index is -0.529. The van der Waals surface area contributed by atoms with E-state index in [2.05, 4.69) is 22.4 Å². The lowest BCUT2D eigenvalue weighted by Gasteiger charge is -2.62. The molecule has 1 heterocycles. The summed E-state index contributed by atoms with van der Waals surface area (Å²) in [5.41, 5.74) is -0.234. The molecule has 7 nitrogen and oxygen atoms in total. The summed E-state index contributed by atoms with van der Waals surface area (Å²) >= 11 is 0. The van der Waals surface area contributed by atoms with Crippen LogP contribution in [0.3, 0.4) is 0 Å². The third kappa shape index (κ3) is 3.38. The standard InChI is InChI=1S/C24H38N4O3/c1-22(30)10-11-24(14-31-3)16(12-22)4-5-17-18-6-7-20(23(18,2)9-8-19(17)24)21(29)13-28-15-25-26-27-28/h15-20,30H,4-14H2,1-3H3. The summed E-state index contributed by atoms with van der Waals surface area (Å²) in [6, 6.07) is 0. The van der Waals surface area contributed by atoms with Gasteiger partial charge < -0.3 is 9.84 Å². The molecule has 4 aliphatic rings. The number of Topliss-reactive ketones (excluding diaryl/α,β-unsaturated/α-hetero) is 1. The second kappa shape index (κ2) is 7.62. The van der Waals surface area contributed by atoms with E-state index in [1.54, 1.807) is 4.68 Å². The topological polar surface area (TPSA) is 90.1 Å². The van der Waals surface area contributed by atoms with E-state index >= 15 is 0 Å². The van der Waals surface area contributed by atoms with Crippen LogP contribution in [0.4, 0.5) is 0 Å². The lowest BCUT2D eigenvalue weighted by Crippen LogP contribution is -2.58. The van der Waals surface area contributed by atoms with Crippen LogP contribution in [0.1, 0.15) is 71.6 Å². The van der Waals surface area contributed by atoms with Gasteiger partial charge in [0.1, 0.15) is 12.9 Å². The van der Waals surface area contributed by atoms with Gasteiger partial charge in [-0.15, -0.1) is 5.10 Å². The van der Waals surface area contributed by atoms with Crippen LogP contribution < -0.4 is 0 Å². The summed E-state index contributed by atoms with van der Waals surface area (Å²) < 4.78 is 7.42. The Kier molecular flexibility index (Phi) is 5.28. The van der Waals surface area contributed by atoms with Gasteiger partial charge in [-0.3, -0.25) is 4.79 Å². The molecule has 8 atom stereocenters. The van der Waals surface area contributed by atoms with Crippen molar-refractivity contribution in [1.82, 2.24) is 20.2 Å². The first-order valence-corrected chi connectivity index (χ1v) is 12.2. The molecule has 1 N–H and O–H groups in total. The molecule has 7 heteroatoms. The van der Waals surface area contributed by atoms with E-state index in [1.165, 1.54) is 25.6 Å². The fourth-order valence-electron chi connectivity index (χ4n) is 8.83. The maximum absolute atomic E-state index is 13.2. The fraction of sp³-hybridized carbons (Fsp3) is 0.917. The molecule has 5 rings (SSSR count). The Hall–Kier alpha value is -1.34. The summed E-state index contributed by atoms with van der Waals surface area (Å²) in [5.74, 6) is 2.93. The van der Waals surface area contributed by atoms with Crippen LogP contribution in [0.5, 0.6) is 0 Å². The SMILES string of the molecule is COCC12CCC(C)(O)CC1CCC1C3CCC(C(=O)Cn4cnnn4)C3(C)CCC12. The van der Waals surface area contributed by atoms with Crippen molar-refractivity contribution in [2.75, 3.05) is 13.7 Å². The number of hydrogen-bond acceptors (Lipinski definition) is 6. The van der Waals surface area contributed by atoms with E-state index < -0.39 is 5.60 Å². The molecule has 0 bridgehead atoms. The Morgan fingerprint density at radius 2 is 1.97 bits per heavy atom. The van der Waals surface area contributed by atoms with Crippen molar-refractivity contribution >= 4 is 5.78 Å². The first kappa shape index (κ1) is 21.5. The summed E-state index contributed by atoms with van der Waals surface area (Å²) in [6.07, 6.45) is 11.3. The molecule has 31 heavy (non-hydrogen) atoms. The Morgan fingerprint density at radius 3 is 2.71 bits per heavy atom. The summed E-state index contributed by atoms with van der Waals surface area (Å²) in [6.45, 7) is 5.52. The molecule has 0 radical (unpaired) electrons. The Morgan fingerprint density at radius 1 is 1.13 bits per heavy atom. The van der Waals surface area contributed by atoms with E-state index in [9.17, 15) is 9.90 Å². The van der Waals surface area contributed by atoms with Gasteiger partial charge in [-0.2, -0.15) is 0 Å². The van der Waals surface area contributed by atoms with Crippen LogP contribution in [0.25, 0.3) is 0 Å². The molecule has 0 spiro atoms. The van der Waals surface area contributed by atoms with Gasteiger partial charge in [0.25, 0.3) is 0 Å². The molecule has 4 aliphatic carbocycles. The zero-order chi connectivity index (χ0) is 21.9. The van der Waals surface area contributed by atoms with Gasteiger partial charge in [0, 0.05) is 13.0 Å². The number of aliphatic hydroxyl groups is 1. The molecule has 0 amide bonds. The highest BCUT2D eigenvalue weighted by atomic mass is 16.5. The van der Waals surface area contributed by atoms with Crippen molar-refractivity contribution < 1.29 is 14.6 Å². The van der Waals surface area contributed by atoms with Gasteiger partial charge in [-0.1, -0.05) is 6.92 Å². The first-order valence-electron chi connectivity index (χ1n) is 12.2. The molecule has 0 aromatic carbocycles. The highest BCUT2D eigenvalue weighted by Gasteiger charge is 2.63. The number of ether oxygens (including phenoxy) is 1. The number of hydrogen-bond donors (Lipinski definition) is 1. The smallest absolute Gasteiger partial charge is 0.158 e. The largest absolute Gasteiger partial charge is 0.390 e. The van der Waals surface area contributed by atoms with Crippen LogP contribution in [-0.4, -0.2) is 50.4 Å². The number of rotatable bonds is 5. The molecule has 172 valence electrons. The zero-order valence-electron chi connectivity index (χ0n) is 19.3. The molecular formula is C24H38N4O3. The summed E-state index contributed by atoms with van der Waals surface area (Å²) in [4.78, 5) is 13.2. The van der Waals surface area contributed by atoms with Crippen molar-refractivity contribution in [2.24, 2.45) is 40.4 Å². The predicted molar refractivity (Wildman–Crippen MR) is 115 cm³/mol. The van der Waals surface area contributed by atoms with Crippen LogP contribution in [0.2, 0.25) is 0 Å². The first-order chi connectivity index (χ1) is 14.8. The van der Waals surface area contributed by atoms with Gasteiger partial charge in [-0.25, -0.2) is 4.68 Å². The highest BCUT2D eigenvalue weighted by molar-refractivity contribution is 5.82. The van der Waals surface area contributed by atoms with Crippen molar-refractivity contribution in [3.63, 3.8) is 0 Å². The Bertz CT molecular complexity index is 812. The third-order valence-corrected chi connectivity index (χ3v) is 10.2. The van der Waals surface area contributed by atoms with Crippen molar-refractivity contribution in [2.45, 2.75) is 83.8 Å². The van der Waals surface area contributed by atoms with E-state index in [-0.39, 0.29) is 16.7 Å². The van der Waals surface area contributed by atoms with Crippen LogP contribution in [0, 0.1) is 40.4 Å². The average Bonchev–Trinajstić information content (AvgIpc) is 3.35. The molecule has 4 saturated carbocycles. The van der Waals surface area contributed by atoms with Crippen molar-refractivity contribution in [1.29, 1.82) is 0 Å². The molecule has 4 fully saturated rings. The number of methoxy groups -OCH3 is 1. The fourth-order valence-corrected chi connectivity index (χ4v) is 8.83. The highest BCUT2D eigenvalue weighted by Crippen LogP contribution is 2.68. The van der Waals surface area contributed by atoms with Gasteiger partial charge >= 0.3 is 0 Å². The van der Waals surface area contributed by atoms with E-state index in [0.717, 1.165) is 45.1 Å². The van der Waals surface area contributed by atoms with Crippen molar-refractivity contribution in [3.05, 3.63) is 6.33 Å². The maximum atomic E-state index is 13.2. The van der Waals surface area contributed by atoms with E-state index in [4.69, 9.17) is 4.74 Å². The quantitative estimate of drug-likeness (QED) is 0.771. The second-order valence-corrected chi connectivity index (χ2v) is 11.7.